The van der Waals surface area contributed by atoms with Gasteiger partial charge < -0.3 is 19.7 Å². The Morgan fingerprint density at radius 1 is 1.21 bits per heavy atom. The summed E-state index contributed by atoms with van der Waals surface area (Å²) in [6.45, 7) is 3.25. The van der Waals surface area contributed by atoms with E-state index >= 15 is 0 Å². The second kappa shape index (κ2) is 6.88. The highest BCUT2D eigenvalue weighted by atomic mass is 16.6. The van der Waals surface area contributed by atoms with Gasteiger partial charge in [-0.2, -0.15) is 0 Å². The third-order valence-electron chi connectivity index (χ3n) is 4.18. The molecule has 1 N–H and O–H groups in total. The quantitative estimate of drug-likeness (QED) is 0.793. The van der Waals surface area contributed by atoms with Crippen LogP contribution >= 0.6 is 0 Å². The molecule has 1 aromatic rings. The van der Waals surface area contributed by atoms with Gasteiger partial charge in [0.2, 0.25) is 6.41 Å². The molecule has 0 spiro atoms. The van der Waals surface area contributed by atoms with Crippen LogP contribution in [0.3, 0.4) is 0 Å². The Kier molecular flexibility index (Phi) is 4.66. The highest BCUT2D eigenvalue weighted by Gasteiger charge is 2.35. The van der Waals surface area contributed by atoms with E-state index in [1.54, 1.807) is 36.1 Å². The zero-order valence-electron chi connectivity index (χ0n) is 13.3. The molecule has 2 heterocycles. The zero-order valence-corrected chi connectivity index (χ0v) is 13.3. The van der Waals surface area contributed by atoms with Crippen molar-refractivity contribution in [2.24, 2.45) is 0 Å². The van der Waals surface area contributed by atoms with Crippen molar-refractivity contribution in [1.29, 1.82) is 0 Å². The number of morpholine rings is 1. The summed E-state index contributed by atoms with van der Waals surface area (Å²) in [5.41, 5.74) is 1.46. The molecule has 2 aliphatic heterocycles. The van der Waals surface area contributed by atoms with Crippen LogP contribution in [0, 0.1) is 0 Å². The lowest BCUT2D eigenvalue weighted by Gasteiger charge is -2.27. The number of cyclic esters (lactones) is 1. The second-order valence-electron chi connectivity index (χ2n) is 5.72. The summed E-state index contributed by atoms with van der Waals surface area (Å²) in [6.07, 6.45) is -0.257. The normalized spacial score (nSPS) is 22.3. The molecule has 0 saturated carbocycles. The van der Waals surface area contributed by atoms with Crippen molar-refractivity contribution >= 4 is 29.8 Å². The molecule has 2 aliphatic rings. The fourth-order valence-electron chi connectivity index (χ4n) is 2.77. The van der Waals surface area contributed by atoms with E-state index in [1.165, 1.54) is 4.90 Å². The maximum absolute atomic E-state index is 12.0. The fraction of sp³-hybridized carbons (Fsp3) is 0.438. The van der Waals surface area contributed by atoms with Crippen molar-refractivity contribution in [3.05, 3.63) is 24.3 Å². The molecule has 128 valence electrons. The first kappa shape index (κ1) is 16.3. The molecule has 0 radical (unpaired) electrons. The van der Waals surface area contributed by atoms with Crippen LogP contribution in [0.15, 0.2) is 24.3 Å². The van der Waals surface area contributed by atoms with Gasteiger partial charge >= 0.3 is 6.09 Å². The maximum Gasteiger partial charge on any atom is 0.414 e. The van der Waals surface area contributed by atoms with Crippen LogP contribution in [0.1, 0.15) is 6.92 Å². The standard InChI is InChI=1S/C16H19N3O5/c1-11(17-10-20)14-8-19(16(22)24-14)13-4-2-12(3-5-13)18-6-7-23-9-15(18)21/h2-5,10-11,14H,6-9H2,1H3,(H,17,20). The number of nitrogens with zero attached hydrogens (tertiary/aromatic N) is 2. The predicted octanol–water partition coefficient (Wildman–Crippen LogP) is 0.509. The Hall–Kier alpha value is -2.61. The Bertz CT molecular complexity index is 633. The summed E-state index contributed by atoms with van der Waals surface area (Å²) in [4.78, 5) is 37.6. The number of carbonyl (C=O) groups excluding carboxylic acids is 3. The summed E-state index contributed by atoms with van der Waals surface area (Å²) >= 11 is 0. The van der Waals surface area contributed by atoms with E-state index < -0.39 is 12.2 Å². The molecular weight excluding hydrogens is 314 g/mol. The number of hydrogen-bond donors (Lipinski definition) is 1. The molecule has 0 aromatic heterocycles. The van der Waals surface area contributed by atoms with E-state index in [1.807, 2.05) is 0 Å². The van der Waals surface area contributed by atoms with Gasteiger partial charge in [0.25, 0.3) is 5.91 Å². The fourth-order valence-corrected chi connectivity index (χ4v) is 2.77. The molecule has 2 unspecified atom stereocenters. The lowest BCUT2D eigenvalue weighted by Crippen LogP contribution is -2.41. The van der Waals surface area contributed by atoms with E-state index in [9.17, 15) is 14.4 Å². The molecule has 8 nitrogen and oxygen atoms in total. The first-order valence-electron chi connectivity index (χ1n) is 7.76. The van der Waals surface area contributed by atoms with Crippen molar-refractivity contribution in [3.63, 3.8) is 0 Å². The third kappa shape index (κ3) is 3.18. The zero-order chi connectivity index (χ0) is 17.1. The molecule has 3 amide bonds. The van der Waals surface area contributed by atoms with Gasteiger partial charge in [0, 0.05) is 17.9 Å². The van der Waals surface area contributed by atoms with Crippen molar-refractivity contribution in [2.45, 2.75) is 19.1 Å². The van der Waals surface area contributed by atoms with Crippen LogP contribution < -0.4 is 15.1 Å². The summed E-state index contributed by atoms with van der Waals surface area (Å²) in [5, 5.41) is 2.60. The highest BCUT2D eigenvalue weighted by Crippen LogP contribution is 2.26. The molecule has 24 heavy (non-hydrogen) atoms. The summed E-state index contributed by atoms with van der Waals surface area (Å²) in [6, 6.07) is 6.89. The molecule has 1 aromatic carbocycles. The summed E-state index contributed by atoms with van der Waals surface area (Å²) in [7, 11) is 0. The molecule has 2 saturated heterocycles. The van der Waals surface area contributed by atoms with Crippen LogP contribution in [0.2, 0.25) is 0 Å². The van der Waals surface area contributed by atoms with Gasteiger partial charge in [-0.25, -0.2) is 4.79 Å². The van der Waals surface area contributed by atoms with Crippen LogP contribution in [-0.4, -0.2) is 56.9 Å². The average molecular weight is 333 g/mol. The molecule has 0 aliphatic carbocycles. The number of carbonyl (C=O) groups is 3. The predicted molar refractivity (Wildman–Crippen MR) is 85.9 cm³/mol. The average Bonchev–Trinajstić information content (AvgIpc) is 2.98. The topological polar surface area (TPSA) is 88.2 Å². The van der Waals surface area contributed by atoms with Gasteiger partial charge in [0.15, 0.2) is 0 Å². The Morgan fingerprint density at radius 2 is 1.88 bits per heavy atom. The van der Waals surface area contributed by atoms with E-state index in [0.29, 0.717) is 31.8 Å². The van der Waals surface area contributed by atoms with Crippen molar-refractivity contribution in [1.82, 2.24) is 5.32 Å². The Morgan fingerprint density at radius 3 is 2.50 bits per heavy atom. The van der Waals surface area contributed by atoms with E-state index in [0.717, 1.165) is 5.69 Å². The molecule has 8 heteroatoms. The minimum Gasteiger partial charge on any atom is -0.442 e. The minimum absolute atomic E-state index is 0.0802. The van der Waals surface area contributed by atoms with E-state index in [4.69, 9.17) is 9.47 Å². The molecule has 3 rings (SSSR count). The van der Waals surface area contributed by atoms with Crippen molar-refractivity contribution in [3.8, 4) is 0 Å². The highest BCUT2D eigenvalue weighted by molar-refractivity contribution is 5.95. The number of rotatable bonds is 5. The number of ether oxygens (including phenoxy) is 2. The van der Waals surface area contributed by atoms with Gasteiger partial charge in [-0.1, -0.05) is 0 Å². The lowest BCUT2D eigenvalue weighted by atomic mass is 10.2. The minimum atomic E-state index is -0.449. The van der Waals surface area contributed by atoms with Crippen molar-refractivity contribution in [2.75, 3.05) is 36.1 Å². The number of benzene rings is 1. The van der Waals surface area contributed by atoms with Crippen molar-refractivity contribution < 1.29 is 23.9 Å². The molecule has 2 atom stereocenters. The first-order valence-corrected chi connectivity index (χ1v) is 7.76. The van der Waals surface area contributed by atoms with E-state index in [-0.39, 0.29) is 18.6 Å². The van der Waals surface area contributed by atoms with Crippen LogP contribution in [-0.2, 0) is 19.1 Å². The molecule has 0 bridgehead atoms. The maximum atomic E-state index is 12.0. The summed E-state index contributed by atoms with van der Waals surface area (Å²) < 4.78 is 10.4. The van der Waals surface area contributed by atoms with Gasteiger partial charge in [0.05, 0.1) is 19.2 Å². The lowest BCUT2D eigenvalue weighted by molar-refractivity contribution is -0.125. The molecular formula is C16H19N3O5. The number of anilines is 2. The summed E-state index contributed by atoms with van der Waals surface area (Å²) in [5.74, 6) is -0.0802. The Labute approximate surface area is 139 Å². The van der Waals surface area contributed by atoms with Crippen LogP contribution in [0.4, 0.5) is 16.2 Å². The number of hydrogen-bond acceptors (Lipinski definition) is 5. The van der Waals surface area contributed by atoms with Crippen LogP contribution in [0.25, 0.3) is 0 Å². The monoisotopic (exact) mass is 333 g/mol. The van der Waals surface area contributed by atoms with Crippen LogP contribution in [0.5, 0.6) is 0 Å². The van der Waals surface area contributed by atoms with Gasteiger partial charge in [0.1, 0.15) is 12.7 Å². The molecule has 2 fully saturated rings. The first-order chi connectivity index (χ1) is 11.6. The third-order valence-corrected chi connectivity index (χ3v) is 4.18. The SMILES string of the molecule is CC(NC=O)C1CN(c2ccc(N3CCOCC3=O)cc2)C(=O)O1. The van der Waals surface area contributed by atoms with Gasteiger partial charge in [-0.15, -0.1) is 0 Å². The number of nitrogens with one attached hydrogen (secondary N) is 1. The van der Waals surface area contributed by atoms with Gasteiger partial charge in [-0.05, 0) is 31.2 Å². The van der Waals surface area contributed by atoms with E-state index in [2.05, 4.69) is 5.32 Å². The van der Waals surface area contributed by atoms with Gasteiger partial charge in [-0.3, -0.25) is 14.5 Å². The number of amides is 3. The second-order valence-corrected chi connectivity index (χ2v) is 5.72. The Balaban J connectivity index is 1.70. The largest absolute Gasteiger partial charge is 0.442 e. The smallest absolute Gasteiger partial charge is 0.414 e.